The fourth-order valence-electron chi connectivity index (χ4n) is 2.85. The minimum absolute atomic E-state index is 0.287. The summed E-state index contributed by atoms with van der Waals surface area (Å²) in [6.45, 7) is 6.35. The van der Waals surface area contributed by atoms with Gasteiger partial charge in [0.1, 0.15) is 5.58 Å². The van der Waals surface area contributed by atoms with Crippen molar-refractivity contribution in [2.24, 2.45) is 5.92 Å². The third-order valence-electron chi connectivity index (χ3n) is 4.26. The van der Waals surface area contributed by atoms with Gasteiger partial charge in [0.25, 0.3) is 5.91 Å². The fourth-order valence-corrected chi connectivity index (χ4v) is 3.11. The Morgan fingerprint density at radius 3 is 2.66 bits per heavy atom. The number of halogens is 1. The number of amides is 1. The largest absolute Gasteiger partial charge is 0.493 e. The van der Waals surface area contributed by atoms with E-state index >= 15 is 0 Å². The number of carbonyl (C=O) groups is 1. The normalized spacial score (nSPS) is 11.0. The van der Waals surface area contributed by atoms with E-state index in [1.807, 2.05) is 20.8 Å². The zero-order valence-electron chi connectivity index (χ0n) is 16.7. The Balaban J connectivity index is 1.88. The highest BCUT2D eigenvalue weighted by atomic mass is 35.5. The van der Waals surface area contributed by atoms with Crippen LogP contribution in [0.4, 0.5) is 5.69 Å². The number of aryl methyl sites for hydroxylation is 1. The van der Waals surface area contributed by atoms with Crippen molar-refractivity contribution in [2.75, 3.05) is 19.0 Å². The summed E-state index contributed by atoms with van der Waals surface area (Å²) in [6.07, 6.45) is 0. The third kappa shape index (κ3) is 4.71. The molecule has 0 radical (unpaired) electrons. The average molecular weight is 416 g/mol. The van der Waals surface area contributed by atoms with E-state index in [2.05, 4.69) is 5.32 Å². The molecule has 0 atom stereocenters. The topological polar surface area (TPSA) is 77.8 Å². The highest BCUT2D eigenvalue weighted by molar-refractivity contribution is 6.32. The molecule has 3 aromatic rings. The minimum Gasteiger partial charge on any atom is -0.493 e. The lowest BCUT2D eigenvalue weighted by Crippen LogP contribution is -2.13. The lowest BCUT2D eigenvalue weighted by atomic mass is 10.1. The average Bonchev–Trinajstić information content (AvgIpc) is 2.65. The van der Waals surface area contributed by atoms with Crippen LogP contribution in [0.15, 0.2) is 45.6 Å². The Morgan fingerprint density at radius 1 is 1.21 bits per heavy atom. The molecule has 1 amide bonds. The van der Waals surface area contributed by atoms with Crippen LogP contribution in [0.3, 0.4) is 0 Å². The molecule has 0 saturated heterocycles. The van der Waals surface area contributed by atoms with Gasteiger partial charge in [-0.25, -0.2) is 4.79 Å². The summed E-state index contributed by atoms with van der Waals surface area (Å²) in [4.78, 5) is 24.3. The van der Waals surface area contributed by atoms with E-state index < -0.39 is 5.63 Å². The SMILES string of the molecule is COc1cc(C(=O)Nc2ccc3c(C)cc(=O)oc3c2)cc(Cl)c1OCC(C)C. The van der Waals surface area contributed by atoms with Crippen LogP contribution in [-0.4, -0.2) is 19.6 Å². The van der Waals surface area contributed by atoms with E-state index in [9.17, 15) is 9.59 Å². The van der Waals surface area contributed by atoms with Gasteiger partial charge in [0.2, 0.25) is 0 Å². The molecular formula is C22H22ClNO5. The summed E-state index contributed by atoms with van der Waals surface area (Å²) in [5.74, 6) is 0.719. The number of benzene rings is 2. The van der Waals surface area contributed by atoms with Crippen LogP contribution in [0.2, 0.25) is 5.02 Å². The fraction of sp³-hybridized carbons (Fsp3) is 0.273. The smallest absolute Gasteiger partial charge is 0.336 e. The lowest BCUT2D eigenvalue weighted by Gasteiger charge is -2.15. The minimum atomic E-state index is -0.438. The molecular weight excluding hydrogens is 394 g/mol. The summed E-state index contributed by atoms with van der Waals surface area (Å²) in [7, 11) is 1.49. The summed E-state index contributed by atoms with van der Waals surface area (Å²) >= 11 is 6.32. The van der Waals surface area contributed by atoms with E-state index in [1.165, 1.54) is 19.2 Å². The monoisotopic (exact) mass is 415 g/mol. The van der Waals surface area contributed by atoms with Gasteiger partial charge < -0.3 is 19.2 Å². The molecule has 1 N–H and O–H groups in total. The predicted octanol–water partition coefficient (Wildman–Crippen LogP) is 5.05. The summed E-state index contributed by atoms with van der Waals surface area (Å²) < 4.78 is 16.3. The second kappa shape index (κ2) is 8.57. The first-order valence-corrected chi connectivity index (χ1v) is 9.52. The van der Waals surface area contributed by atoms with Crippen LogP contribution in [0, 0.1) is 12.8 Å². The molecule has 1 aromatic heterocycles. The van der Waals surface area contributed by atoms with Gasteiger partial charge in [-0.15, -0.1) is 0 Å². The van der Waals surface area contributed by atoms with Gasteiger partial charge in [-0.05, 0) is 42.7 Å². The molecule has 29 heavy (non-hydrogen) atoms. The molecule has 0 aliphatic heterocycles. The van der Waals surface area contributed by atoms with E-state index in [-0.39, 0.29) is 10.9 Å². The number of ether oxygens (including phenoxy) is 2. The molecule has 152 valence electrons. The Labute approximate surface area is 173 Å². The maximum absolute atomic E-state index is 12.7. The number of fused-ring (bicyclic) bond motifs is 1. The maximum atomic E-state index is 12.7. The van der Waals surface area contributed by atoms with Crippen LogP contribution in [-0.2, 0) is 0 Å². The Bertz CT molecular complexity index is 1120. The van der Waals surface area contributed by atoms with Crippen LogP contribution in [0.5, 0.6) is 11.5 Å². The molecule has 0 aliphatic carbocycles. The summed E-state index contributed by atoms with van der Waals surface area (Å²) in [5.41, 5.74) is 1.58. The van der Waals surface area contributed by atoms with Crippen molar-refractivity contribution in [3.8, 4) is 11.5 Å². The van der Waals surface area contributed by atoms with Crippen LogP contribution >= 0.6 is 11.6 Å². The Kier molecular flexibility index (Phi) is 6.13. The molecule has 2 aromatic carbocycles. The number of hydrogen-bond acceptors (Lipinski definition) is 5. The quantitative estimate of drug-likeness (QED) is 0.570. The van der Waals surface area contributed by atoms with Gasteiger partial charge in [0.15, 0.2) is 11.5 Å². The molecule has 0 bridgehead atoms. The Morgan fingerprint density at radius 2 is 1.97 bits per heavy atom. The molecule has 0 unspecified atom stereocenters. The van der Waals surface area contributed by atoms with Gasteiger partial charge in [-0.2, -0.15) is 0 Å². The lowest BCUT2D eigenvalue weighted by molar-refractivity contribution is 0.102. The van der Waals surface area contributed by atoms with Crippen LogP contribution in [0.1, 0.15) is 29.8 Å². The van der Waals surface area contributed by atoms with Crippen LogP contribution in [0.25, 0.3) is 11.0 Å². The van der Waals surface area contributed by atoms with E-state index in [1.54, 1.807) is 24.3 Å². The van der Waals surface area contributed by atoms with Gasteiger partial charge in [0, 0.05) is 28.8 Å². The van der Waals surface area contributed by atoms with Crippen molar-refractivity contribution in [1.82, 2.24) is 0 Å². The first-order valence-electron chi connectivity index (χ1n) is 9.14. The van der Waals surface area contributed by atoms with E-state index in [4.69, 9.17) is 25.5 Å². The number of anilines is 1. The summed E-state index contributed by atoms with van der Waals surface area (Å²) in [6, 6.07) is 9.67. The summed E-state index contributed by atoms with van der Waals surface area (Å²) in [5, 5.41) is 3.87. The first kappa shape index (κ1) is 20.7. The van der Waals surface area contributed by atoms with Gasteiger partial charge >= 0.3 is 5.63 Å². The molecule has 6 nitrogen and oxygen atoms in total. The first-order chi connectivity index (χ1) is 13.8. The van der Waals surface area contributed by atoms with Gasteiger partial charge in [-0.3, -0.25) is 4.79 Å². The zero-order chi connectivity index (χ0) is 21.1. The number of nitrogens with one attached hydrogen (secondary N) is 1. The predicted molar refractivity (Wildman–Crippen MR) is 114 cm³/mol. The number of rotatable bonds is 6. The van der Waals surface area contributed by atoms with Crippen LogP contribution < -0.4 is 20.4 Å². The molecule has 1 heterocycles. The standard InChI is InChI=1S/C22H22ClNO5/c1-12(2)11-28-21-17(23)8-14(9-19(21)27-4)22(26)24-15-5-6-16-13(3)7-20(25)29-18(16)10-15/h5-10,12H,11H2,1-4H3,(H,24,26). The highest BCUT2D eigenvalue weighted by Crippen LogP contribution is 2.37. The number of methoxy groups -OCH3 is 1. The molecule has 3 rings (SSSR count). The highest BCUT2D eigenvalue weighted by Gasteiger charge is 2.17. The van der Waals surface area contributed by atoms with Gasteiger partial charge in [-0.1, -0.05) is 25.4 Å². The molecule has 7 heteroatoms. The van der Waals surface area contributed by atoms with Crippen molar-refractivity contribution < 1.29 is 18.7 Å². The Hall–Kier alpha value is -2.99. The number of hydrogen-bond donors (Lipinski definition) is 1. The molecule has 0 spiro atoms. The second-order valence-electron chi connectivity index (χ2n) is 7.11. The molecule has 0 saturated carbocycles. The maximum Gasteiger partial charge on any atom is 0.336 e. The second-order valence-corrected chi connectivity index (χ2v) is 7.52. The van der Waals surface area contributed by atoms with Crippen molar-refractivity contribution in [3.63, 3.8) is 0 Å². The van der Waals surface area contributed by atoms with Crippen molar-refractivity contribution >= 4 is 34.2 Å². The van der Waals surface area contributed by atoms with E-state index in [0.29, 0.717) is 40.9 Å². The zero-order valence-corrected chi connectivity index (χ0v) is 17.4. The molecule has 0 fully saturated rings. The third-order valence-corrected chi connectivity index (χ3v) is 4.54. The van der Waals surface area contributed by atoms with E-state index in [0.717, 1.165) is 10.9 Å². The number of carbonyl (C=O) groups excluding carboxylic acids is 1. The van der Waals surface area contributed by atoms with Crippen molar-refractivity contribution in [3.05, 3.63) is 63.0 Å². The van der Waals surface area contributed by atoms with Gasteiger partial charge in [0.05, 0.1) is 18.7 Å². The molecule has 0 aliphatic rings. The van der Waals surface area contributed by atoms with Crippen molar-refractivity contribution in [2.45, 2.75) is 20.8 Å². The van der Waals surface area contributed by atoms with Crippen molar-refractivity contribution in [1.29, 1.82) is 0 Å².